The van der Waals surface area contributed by atoms with Crippen LogP contribution in [0.3, 0.4) is 0 Å². The molecule has 0 fully saturated rings. The third-order valence-electron chi connectivity index (χ3n) is 0. The third kappa shape index (κ3) is 11.9. The topological polar surface area (TPSA) is 17.1 Å². The van der Waals surface area contributed by atoms with Gasteiger partial charge in [0, 0.05) is 0 Å². The summed E-state index contributed by atoms with van der Waals surface area (Å²) in [5.41, 5.74) is 0. The first kappa shape index (κ1) is 8.89. The SMILES string of the molecule is [Li][F].[O]=[Mo]. The van der Waals surface area contributed by atoms with E-state index in [4.69, 9.17) is 3.40 Å². The predicted octanol–water partition coefficient (Wildman–Crippen LogP) is -0.0819. The van der Waals surface area contributed by atoms with Crippen molar-refractivity contribution in [1.82, 2.24) is 0 Å². The van der Waals surface area contributed by atoms with E-state index in [-0.39, 0.29) is 0 Å². The summed E-state index contributed by atoms with van der Waals surface area (Å²) in [6.07, 6.45) is 0. The van der Waals surface area contributed by atoms with Gasteiger partial charge < -0.3 is 0 Å². The zero-order valence-electron chi connectivity index (χ0n) is 2.19. The fourth-order valence-corrected chi connectivity index (χ4v) is 0. The average Bonchev–Trinajstić information content (AvgIpc) is 1.50. The molecule has 0 saturated carbocycles. The van der Waals surface area contributed by atoms with Crippen molar-refractivity contribution in [2.75, 3.05) is 0 Å². The molecule has 0 aliphatic carbocycles. The van der Waals surface area contributed by atoms with Gasteiger partial charge in [0.25, 0.3) is 0 Å². The van der Waals surface area contributed by atoms with E-state index in [1.165, 1.54) is 0 Å². The Morgan fingerprint density at radius 3 is 1.50 bits per heavy atom. The van der Waals surface area contributed by atoms with Gasteiger partial charge in [-0.25, -0.2) is 0 Å². The summed E-state index contributed by atoms with van der Waals surface area (Å²) >= 11 is 1.20. The quantitative estimate of drug-likeness (QED) is 0.427. The molecule has 0 unspecified atom stereocenters. The van der Waals surface area contributed by atoms with Crippen LogP contribution >= 0.6 is 0 Å². The molecule has 0 heterocycles. The van der Waals surface area contributed by atoms with E-state index >= 15 is 0 Å². The molecule has 1 nitrogen and oxygen atoms in total. The molecule has 0 radical (unpaired) electrons. The minimum atomic E-state index is 0.500. The van der Waals surface area contributed by atoms with Gasteiger partial charge in [-0.3, -0.25) is 0 Å². The summed E-state index contributed by atoms with van der Waals surface area (Å²) in [7, 11) is 0. The number of rotatable bonds is 0. The van der Waals surface area contributed by atoms with Gasteiger partial charge in [0.2, 0.25) is 0 Å². The molecule has 4 heteroatoms. The second kappa shape index (κ2) is 35.4. The van der Waals surface area contributed by atoms with Crippen molar-refractivity contribution in [3.63, 3.8) is 0 Å². The van der Waals surface area contributed by atoms with Crippen LogP contribution in [0.1, 0.15) is 0 Å². The van der Waals surface area contributed by atoms with Gasteiger partial charge in [0.15, 0.2) is 0 Å². The van der Waals surface area contributed by atoms with Crippen LogP contribution in [0.4, 0.5) is 3.38 Å². The molecule has 0 bridgehead atoms. The molecule has 0 aliphatic rings. The molecule has 4 heavy (non-hydrogen) atoms. The van der Waals surface area contributed by atoms with Crippen LogP contribution in [0.2, 0.25) is 0 Å². The zero-order valence-corrected chi connectivity index (χ0v) is 4.20. The van der Waals surface area contributed by atoms with Crippen LogP contribution in [-0.2, 0) is 23.2 Å². The number of halogens is 1. The van der Waals surface area contributed by atoms with E-state index in [1.807, 2.05) is 0 Å². The summed E-state index contributed by atoms with van der Waals surface area (Å²) in [6.45, 7) is 0. The molecule has 0 saturated heterocycles. The maximum atomic E-state index is 9.50. The zero-order chi connectivity index (χ0) is 4.00. The average molecular weight is 138 g/mol. The van der Waals surface area contributed by atoms with E-state index in [1.54, 1.807) is 0 Å². The number of hydrogen-bond acceptors (Lipinski definition) is 1. The van der Waals surface area contributed by atoms with Crippen molar-refractivity contribution in [3.8, 4) is 0 Å². The second-order valence-corrected chi connectivity index (χ2v) is 0. The van der Waals surface area contributed by atoms with Gasteiger partial charge in [0.05, 0.1) is 0 Å². The Balaban J connectivity index is 0. The van der Waals surface area contributed by atoms with Gasteiger partial charge in [-0.1, -0.05) is 0 Å². The molecule has 0 aromatic rings. The monoisotopic (exact) mass is 140 g/mol. The Bertz CT molecular complexity index is 8.00. The molecular weight excluding hydrogens is 138 g/mol. The molecule has 20 valence electrons. The standard InChI is InChI=1S/FH.Li.Mo.O/h1H;;;/q;+1;;/p-1. The molecule has 0 N–H and O–H groups in total. The van der Waals surface area contributed by atoms with E-state index in [9.17, 15) is 3.38 Å². The van der Waals surface area contributed by atoms with Gasteiger partial charge in [-0.15, -0.1) is 0 Å². The summed E-state index contributed by atoms with van der Waals surface area (Å²) in [5, 5.41) is 0. The fourth-order valence-electron chi connectivity index (χ4n) is 0. The van der Waals surface area contributed by atoms with E-state index < -0.39 is 0 Å². The minimum absolute atomic E-state index is 0.500. The van der Waals surface area contributed by atoms with Crippen LogP contribution in [0.5, 0.6) is 0 Å². The summed E-state index contributed by atoms with van der Waals surface area (Å²) in [5.74, 6) is 0. The first-order valence-corrected chi connectivity index (χ1v) is 1.36. The van der Waals surface area contributed by atoms with Gasteiger partial charge in [0.1, 0.15) is 0 Å². The van der Waals surface area contributed by atoms with Crippen molar-refractivity contribution in [3.05, 3.63) is 0 Å². The van der Waals surface area contributed by atoms with Gasteiger partial charge in [-0.05, 0) is 0 Å². The van der Waals surface area contributed by atoms with E-state index in [0.717, 1.165) is 0 Å². The summed E-state index contributed by atoms with van der Waals surface area (Å²) in [4.78, 5) is 0. The second-order valence-electron chi connectivity index (χ2n) is 0. The van der Waals surface area contributed by atoms with Crippen LogP contribution in [0.15, 0.2) is 0 Å². The van der Waals surface area contributed by atoms with Crippen molar-refractivity contribution in [2.45, 2.75) is 0 Å². The normalized spacial score (nSPS) is 2.75. The molecule has 0 aliphatic heterocycles. The van der Waals surface area contributed by atoms with Gasteiger partial charge in [-0.2, -0.15) is 0 Å². The Hall–Kier alpha value is 1.02. The van der Waals surface area contributed by atoms with Crippen molar-refractivity contribution < 1.29 is 26.6 Å². The summed E-state index contributed by atoms with van der Waals surface area (Å²) < 4.78 is 17.8. The third-order valence-corrected chi connectivity index (χ3v) is 0. The van der Waals surface area contributed by atoms with Crippen LogP contribution in [0.25, 0.3) is 0 Å². The van der Waals surface area contributed by atoms with E-state index in [2.05, 4.69) is 0 Å². The molecule has 0 spiro atoms. The maximum absolute atomic E-state index is 9.50. The van der Waals surface area contributed by atoms with Crippen LogP contribution in [0, 0.1) is 0 Å². The number of hydrogen-bond donors (Lipinski definition) is 0. The molecule has 0 aromatic carbocycles. The first-order chi connectivity index (χ1) is 2.00. The molecule has 0 atom stereocenters. The summed E-state index contributed by atoms with van der Waals surface area (Å²) in [6, 6.07) is 0. The molecule has 0 amide bonds. The Kier molecular flexibility index (Phi) is 78.7. The van der Waals surface area contributed by atoms with Crippen molar-refractivity contribution in [2.24, 2.45) is 0 Å². The predicted molar refractivity (Wildman–Crippen MR) is 7.55 cm³/mol. The first-order valence-electron chi connectivity index (χ1n) is 0.545. The van der Waals surface area contributed by atoms with Crippen LogP contribution in [-0.4, -0.2) is 18.2 Å². The molecular formula is FLiMoO. The molecule has 0 aromatic heterocycles. The van der Waals surface area contributed by atoms with Crippen LogP contribution < -0.4 is 0 Å². The Labute approximate surface area is 44.9 Å². The fraction of sp³-hybridized carbons (Fsp3) is 0. The Morgan fingerprint density at radius 2 is 1.50 bits per heavy atom. The molecule has 0 rings (SSSR count). The Morgan fingerprint density at radius 1 is 1.50 bits per heavy atom. The van der Waals surface area contributed by atoms with Gasteiger partial charge >= 0.3 is 44.8 Å². The van der Waals surface area contributed by atoms with Crippen molar-refractivity contribution >= 4 is 18.2 Å². The van der Waals surface area contributed by atoms with E-state index in [0.29, 0.717) is 38.0 Å². The van der Waals surface area contributed by atoms with Crippen molar-refractivity contribution in [1.29, 1.82) is 0 Å².